The number of ether oxygens (including phenoxy) is 1. The molecule has 2 heterocycles. The number of nitro groups is 1. The number of hydrogen-bond acceptors (Lipinski definition) is 7. The van der Waals surface area contributed by atoms with Crippen molar-refractivity contribution < 1.29 is 14.5 Å². The van der Waals surface area contributed by atoms with Gasteiger partial charge in [0.15, 0.2) is 10.9 Å². The van der Waals surface area contributed by atoms with Crippen LogP contribution in [0, 0.1) is 10.1 Å². The number of rotatable bonds is 5. The summed E-state index contributed by atoms with van der Waals surface area (Å²) in [4.78, 5) is 29.8. The number of nitrogens with one attached hydrogen (secondary N) is 1. The van der Waals surface area contributed by atoms with Gasteiger partial charge in [0.1, 0.15) is 0 Å². The SMILES string of the molecule is COc1ccc(C(=O)Nc2ccc(C3=CSC4=NCCCN34)cc2)cc1[N+](=O)[O-]. The van der Waals surface area contributed by atoms with E-state index in [-0.39, 0.29) is 17.0 Å². The monoisotopic (exact) mass is 410 g/mol. The second-order valence-electron chi connectivity index (χ2n) is 6.47. The molecule has 1 N–H and O–H groups in total. The maximum absolute atomic E-state index is 12.5. The van der Waals surface area contributed by atoms with Gasteiger partial charge in [-0.1, -0.05) is 23.9 Å². The number of methoxy groups -OCH3 is 1. The Morgan fingerprint density at radius 1 is 1.28 bits per heavy atom. The zero-order valence-corrected chi connectivity index (χ0v) is 16.4. The van der Waals surface area contributed by atoms with Crippen LogP contribution in [-0.4, -0.2) is 41.1 Å². The summed E-state index contributed by atoms with van der Waals surface area (Å²) in [6.07, 6.45) is 1.03. The topological polar surface area (TPSA) is 97.1 Å². The molecule has 1 amide bonds. The molecule has 29 heavy (non-hydrogen) atoms. The lowest BCUT2D eigenvalue weighted by molar-refractivity contribution is -0.385. The van der Waals surface area contributed by atoms with Crippen LogP contribution in [0.3, 0.4) is 0 Å². The van der Waals surface area contributed by atoms with Crippen molar-refractivity contribution in [2.24, 2.45) is 4.99 Å². The van der Waals surface area contributed by atoms with Gasteiger partial charge in [-0.2, -0.15) is 0 Å². The molecule has 2 aromatic carbocycles. The number of amides is 1. The number of amidine groups is 1. The van der Waals surface area contributed by atoms with Crippen molar-refractivity contribution >= 4 is 39.9 Å². The molecule has 2 aliphatic rings. The fraction of sp³-hybridized carbons (Fsp3) is 0.200. The summed E-state index contributed by atoms with van der Waals surface area (Å²) in [6.45, 7) is 1.82. The maximum atomic E-state index is 12.5. The fourth-order valence-corrected chi connectivity index (χ4v) is 4.17. The number of hydrogen-bond donors (Lipinski definition) is 1. The minimum Gasteiger partial charge on any atom is -0.490 e. The number of carbonyl (C=O) groups is 1. The van der Waals surface area contributed by atoms with Gasteiger partial charge >= 0.3 is 5.69 Å². The molecule has 0 bridgehead atoms. The van der Waals surface area contributed by atoms with Crippen molar-refractivity contribution in [1.82, 2.24) is 4.90 Å². The minimum atomic E-state index is -0.574. The summed E-state index contributed by atoms with van der Waals surface area (Å²) >= 11 is 1.63. The predicted octanol–water partition coefficient (Wildman–Crippen LogP) is 3.96. The van der Waals surface area contributed by atoms with E-state index in [0.29, 0.717) is 5.69 Å². The first kappa shape index (κ1) is 19.0. The lowest BCUT2D eigenvalue weighted by atomic mass is 10.1. The molecule has 0 saturated carbocycles. The van der Waals surface area contributed by atoms with Gasteiger partial charge in [0.2, 0.25) is 0 Å². The molecule has 0 radical (unpaired) electrons. The summed E-state index contributed by atoms with van der Waals surface area (Å²) in [6, 6.07) is 11.6. The summed E-state index contributed by atoms with van der Waals surface area (Å²) in [5, 5.41) is 17.0. The summed E-state index contributed by atoms with van der Waals surface area (Å²) in [7, 11) is 1.35. The number of thioether (sulfide) groups is 1. The van der Waals surface area contributed by atoms with E-state index < -0.39 is 10.8 Å². The van der Waals surface area contributed by atoms with E-state index in [2.05, 4.69) is 20.6 Å². The van der Waals surface area contributed by atoms with Crippen molar-refractivity contribution in [1.29, 1.82) is 0 Å². The zero-order chi connectivity index (χ0) is 20.4. The third-order valence-corrected chi connectivity index (χ3v) is 5.56. The Kier molecular flexibility index (Phi) is 5.22. The van der Waals surface area contributed by atoms with Crippen LogP contribution in [0.15, 0.2) is 52.9 Å². The van der Waals surface area contributed by atoms with Crippen molar-refractivity contribution in [3.05, 3.63) is 69.1 Å². The molecule has 0 unspecified atom stereocenters. The number of nitrogens with zero attached hydrogens (tertiary/aromatic N) is 3. The van der Waals surface area contributed by atoms with Crippen LogP contribution in [0.2, 0.25) is 0 Å². The lowest BCUT2D eigenvalue weighted by Gasteiger charge is -2.25. The highest BCUT2D eigenvalue weighted by atomic mass is 32.2. The van der Waals surface area contributed by atoms with Gasteiger partial charge in [-0.15, -0.1) is 0 Å². The molecule has 2 aliphatic heterocycles. The number of nitro benzene ring substituents is 1. The van der Waals surface area contributed by atoms with Crippen LogP contribution in [0.4, 0.5) is 11.4 Å². The first-order valence-electron chi connectivity index (χ1n) is 9.00. The second-order valence-corrected chi connectivity index (χ2v) is 7.30. The number of aliphatic imine (C=N–C) groups is 1. The molecule has 8 nitrogen and oxygen atoms in total. The van der Waals surface area contributed by atoms with Crippen LogP contribution >= 0.6 is 11.8 Å². The lowest BCUT2D eigenvalue weighted by Crippen LogP contribution is -2.28. The minimum absolute atomic E-state index is 0.110. The third-order valence-electron chi connectivity index (χ3n) is 4.66. The highest BCUT2D eigenvalue weighted by Crippen LogP contribution is 2.35. The second kappa shape index (κ2) is 7.96. The third kappa shape index (κ3) is 3.81. The van der Waals surface area contributed by atoms with Gasteiger partial charge in [0.05, 0.1) is 17.7 Å². The summed E-state index contributed by atoms with van der Waals surface area (Å²) in [5.41, 5.74) is 2.70. The smallest absolute Gasteiger partial charge is 0.311 e. The predicted molar refractivity (Wildman–Crippen MR) is 113 cm³/mol. The molecule has 2 aromatic rings. The normalized spacial score (nSPS) is 15.3. The molecule has 0 aliphatic carbocycles. The molecule has 148 valence electrons. The van der Waals surface area contributed by atoms with E-state index >= 15 is 0 Å². The number of fused-ring (bicyclic) bond motifs is 1. The van der Waals surface area contributed by atoms with Gasteiger partial charge in [-0.05, 0) is 36.2 Å². The standard InChI is InChI=1S/C20H18N4O4S/c1-28-18-8-5-14(11-16(18)24(26)27)19(25)22-15-6-3-13(4-7-15)17-12-29-20-21-9-2-10-23(17)20/h3-8,11-12H,2,9-10H2,1H3,(H,22,25). The Hall–Kier alpha value is -3.33. The van der Waals surface area contributed by atoms with E-state index in [0.717, 1.165) is 35.9 Å². The van der Waals surface area contributed by atoms with E-state index in [1.54, 1.807) is 11.8 Å². The number of anilines is 1. The van der Waals surface area contributed by atoms with Gasteiger partial charge < -0.3 is 15.0 Å². The average Bonchev–Trinajstić information content (AvgIpc) is 3.18. The average molecular weight is 410 g/mol. The number of carbonyl (C=O) groups excluding carboxylic acids is 1. The molecule has 0 spiro atoms. The Morgan fingerprint density at radius 2 is 2.07 bits per heavy atom. The maximum Gasteiger partial charge on any atom is 0.311 e. The van der Waals surface area contributed by atoms with Crippen LogP contribution in [0.25, 0.3) is 5.70 Å². The van der Waals surface area contributed by atoms with Crippen molar-refractivity contribution in [2.75, 3.05) is 25.5 Å². The number of benzene rings is 2. The van der Waals surface area contributed by atoms with Crippen LogP contribution in [0.1, 0.15) is 22.3 Å². The van der Waals surface area contributed by atoms with E-state index in [9.17, 15) is 14.9 Å². The van der Waals surface area contributed by atoms with Gasteiger partial charge in [0, 0.05) is 35.8 Å². The van der Waals surface area contributed by atoms with Crippen LogP contribution in [-0.2, 0) is 0 Å². The highest BCUT2D eigenvalue weighted by Gasteiger charge is 2.25. The van der Waals surface area contributed by atoms with Crippen LogP contribution < -0.4 is 10.1 Å². The van der Waals surface area contributed by atoms with E-state index in [1.807, 2.05) is 24.3 Å². The molecule has 0 fully saturated rings. The van der Waals surface area contributed by atoms with E-state index in [1.165, 1.54) is 25.3 Å². The van der Waals surface area contributed by atoms with Crippen molar-refractivity contribution in [3.63, 3.8) is 0 Å². The van der Waals surface area contributed by atoms with Crippen molar-refractivity contribution in [3.8, 4) is 5.75 Å². The fourth-order valence-electron chi connectivity index (χ4n) is 3.21. The summed E-state index contributed by atoms with van der Waals surface area (Å²) in [5.74, 6) is -0.316. The Balaban J connectivity index is 1.49. The highest BCUT2D eigenvalue weighted by molar-refractivity contribution is 8.16. The van der Waals surface area contributed by atoms with Gasteiger partial charge in [-0.3, -0.25) is 19.9 Å². The molecule has 4 rings (SSSR count). The molecular formula is C20H18N4O4S. The Morgan fingerprint density at radius 3 is 2.79 bits per heavy atom. The first-order chi connectivity index (χ1) is 14.1. The Bertz CT molecular complexity index is 1030. The van der Waals surface area contributed by atoms with Crippen molar-refractivity contribution in [2.45, 2.75) is 6.42 Å². The van der Waals surface area contributed by atoms with Gasteiger partial charge in [0.25, 0.3) is 5.91 Å². The molecule has 0 aromatic heterocycles. The van der Waals surface area contributed by atoms with Gasteiger partial charge in [-0.25, -0.2) is 0 Å². The van der Waals surface area contributed by atoms with E-state index in [4.69, 9.17) is 4.74 Å². The zero-order valence-electron chi connectivity index (χ0n) is 15.6. The quantitative estimate of drug-likeness (QED) is 0.592. The first-order valence-corrected chi connectivity index (χ1v) is 9.88. The summed E-state index contributed by atoms with van der Waals surface area (Å²) < 4.78 is 4.97. The molecule has 0 atom stereocenters. The molecule has 9 heteroatoms. The molecular weight excluding hydrogens is 392 g/mol. The molecule has 0 saturated heterocycles. The largest absolute Gasteiger partial charge is 0.490 e. The Labute approximate surface area is 171 Å². The van der Waals surface area contributed by atoms with Crippen LogP contribution in [0.5, 0.6) is 5.75 Å².